The van der Waals surface area contributed by atoms with E-state index in [4.69, 9.17) is 12.2 Å². The largest absolute Gasteiger partial charge is 0.328 e. The van der Waals surface area contributed by atoms with Crippen molar-refractivity contribution in [2.75, 3.05) is 0 Å². The van der Waals surface area contributed by atoms with Gasteiger partial charge in [-0.1, -0.05) is 15.9 Å². The van der Waals surface area contributed by atoms with E-state index in [9.17, 15) is 17.6 Å². The van der Waals surface area contributed by atoms with Gasteiger partial charge in [-0.3, -0.25) is 4.57 Å². The van der Waals surface area contributed by atoms with Gasteiger partial charge in [0.2, 0.25) is 0 Å². The molecule has 21 heavy (non-hydrogen) atoms. The third-order valence-corrected chi connectivity index (χ3v) is 3.66. The number of halogens is 5. The van der Waals surface area contributed by atoms with Crippen molar-refractivity contribution < 1.29 is 17.6 Å². The summed E-state index contributed by atoms with van der Waals surface area (Å²) in [4.78, 5) is 2.48. The minimum Gasteiger partial charge on any atom is -0.328 e. The minimum absolute atomic E-state index is 0.0855. The second-order valence-electron chi connectivity index (χ2n) is 4.27. The Morgan fingerprint density at radius 2 is 1.57 bits per heavy atom. The molecule has 0 aliphatic carbocycles. The monoisotopic (exact) mass is 376 g/mol. The first-order chi connectivity index (χ1) is 9.88. The van der Waals surface area contributed by atoms with Crippen LogP contribution in [0.1, 0.15) is 0 Å². The maximum atomic E-state index is 14.0. The number of fused-ring (bicyclic) bond motifs is 1. The molecule has 1 heterocycles. The molecule has 0 aliphatic heterocycles. The number of nitrogens with zero attached hydrogens (tertiary/aromatic N) is 1. The average Bonchev–Trinajstić information content (AvgIpc) is 2.66. The third kappa shape index (κ3) is 2.28. The fourth-order valence-corrected chi connectivity index (χ4v) is 2.80. The van der Waals surface area contributed by atoms with Crippen LogP contribution in [-0.4, -0.2) is 9.55 Å². The zero-order chi connectivity index (χ0) is 15.3. The van der Waals surface area contributed by atoms with E-state index >= 15 is 0 Å². The smallest absolute Gasteiger partial charge is 0.183 e. The second-order valence-corrected chi connectivity index (χ2v) is 5.57. The van der Waals surface area contributed by atoms with E-state index < -0.39 is 29.0 Å². The average molecular weight is 377 g/mol. The molecule has 0 aliphatic rings. The van der Waals surface area contributed by atoms with Crippen molar-refractivity contribution in [3.63, 3.8) is 0 Å². The number of H-pyrrole nitrogens is 1. The molecule has 0 saturated carbocycles. The molecule has 0 bridgehead atoms. The summed E-state index contributed by atoms with van der Waals surface area (Å²) in [5.74, 6) is -3.60. The van der Waals surface area contributed by atoms with Crippen molar-refractivity contribution in [1.82, 2.24) is 9.55 Å². The Kier molecular flexibility index (Phi) is 3.37. The lowest BCUT2D eigenvalue weighted by Gasteiger charge is -2.08. The molecule has 3 aromatic rings. The van der Waals surface area contributed by atoms with E-state index in [-0.39, 0.29) is 20.3 Å². The van der Waals surface area contributed by atoms with Crippen molar-refractivity contribution in [3.8, 4) is 5.69 Å². The van der Waals surface area contributed by atoms with Gasteiger partial charge in [-0.25, -0.2) is 17.6 Å². The third-order valence-electron chi connectivity index (χ3n) is 2.92. The fourth-order valence-electron chi connectivity index (χ4n) is 2.10. The Hall–Kier alpha value is -1.67. The molecule has 0 saturated heterocycles. The number of benzene rings is 2. The summed E-state index contributed by atoms with van der Waals surface area (Å²) in [7, 11) is 0. The molecule has 0 unspecified atom stereocenters. The molecule has 2 aromatic carbocycles. The summed E-state index contributed by atoms with van der Waals surface area (Å²) in [6.07, 6.45) is 0. The first-order valence-corrected chi connectivity index (χ1v) is 6.83. The summed E-state index contributed by atoms with van der Waals surface area (Å²) >= 11 is 7.92. The van der Waals surface area contributed by atoms with Gasteiger partial charge in [0, 0.05) is 16.6 Å². The van der Waals surface area contributed by atoms with Crippen LogP contribution in [0.3, 0.4) is 0 Å². The number of aromatic nitrogens is 2. The van der Waals surface area contributed by atoms with Crippen molar-refractivity contribution in [2.45, 2.75) is 0 Å². The maximum absolute atomic E-state index is 14.0. The molecule has 1 aromatic heterocycles. The number of aromatic amines is 1. The lowest BCUT2D eigenvalue weighted by molar-refractivity contribution is 0.568. The highest BCUT2D eigenvalue weighted by molar-refractivity contribution is 9.10. The summed E-state index contributed by atoms with van der Waals surface area (Å²) < 4.78 is 56.1. The van der Waals surface area contributed by atoms with Crippen LogP contribution in [0.15, 0.2) is 28.7 Å². The van der Waals surface area contributed by atoms with Crippen LogP contribution in [0.25, 0.3) is 16.7 Å². The van der Waals surface area contributed by atoms with Gasteiger partial charge in [-0.15, -0.1) is 0 Å². The van der Waals surface area contributed by atoms with Gasteiger partial charge in [-0.05, 0) is 24.4 Å². The molecular weight excluding hydrogens is 372 g/mol. The van der Waals surface area contributed by atoms with Crippen LogP contribution in [0.5, 0.6) is 0 Å². The molecule has 0 amide bonds. The first kappa shape index (κ1) is 14.3. The number of hydrogen-bond acceptors (Lipinski definition) is 1. The van der Waals surface area contributed by atoms with Crippen LogP contribution < -0.4 is 0 Å². The lowest BCUT2D eigenvalue weighted by Crippen LogP contribution is -2.02. The molecule has 3 rings (SSSR count). The number of rotatable bonds is 1. The van der Waals surface area contributed by atoms with Gasteiger partial charge in [0.05, 0.1) is 5.52 Å². The van der Waals surface area contributed by atoms with Crippen molar-refractivity contribution in [2.24, 2.45) is 0 Å². The molecule has 2 nitrogen and oxygen atoms in total. The molecule has 0 fully saturated rings. The van der Waals surface area contributed by atoms with Crippen molar-refractivity contribution in [3.05, 3.63) is 56.8 Å². The van der Waals surface area contributed by atoms with E-state index in [1.165, 1.54) is 0 Å². The van der Waals surface area contributed by atoms with Crippen molar-refractivity contribution in [1.29, 1.82) is 0 Å². The van der Waals surface area contributed by atoms with Gasteiger partial charge < -0.3 is 4.98 Å². The van der Waals surface area contributed by atoms with Gasteiger partial charge in [-0.2, -0.15) is 0 Å². The van der Waals surface area contributed by atoms with Gasteiger partial charge in [0.25, 0.3) is 0 Å². The number of imidazole rings is 1. The molecule has 0 atom stereocenters. The fraction of sp³-hybridized carbons (Fsp3) is 0. The first-order valence-electron chi connectivity index (χ1n) is 5.63. The maximum Gasteiger partial charge on any atom is 0.183 e. The molecular formula is C13H5BrF4N2S. The Balaban J connectivity index is 2.47. The topological polar surface area (TPSA) is 20.7 Å². The minimum atomic E-state index is -0.913. The standard InChI is InChI=1S/C13H5BrF4N2S/c14-5-1-8(17)12(9(18)2-5)20-10-4-6(15)3-7(16)11(10)19-13(20)21/h1-4H,(H,19,21). The highest BCUT2D eigenvalue weighted by Crippen LogP contribution is 2.28. The van der Waals surface area contributed by atoms with Crippen LogP contribution >= 0.6 is 28.1 Å². The van der Waals surface area contributed by atoms with E-state index in [0.717, 1.165) is 22.8 Å². The van der Waals surface area contributed by atoms with Crippen LogP contribution in [0.4, 0.5) is 17.6 Å². The van der Waals surface area contributed by atoms with Crippen LogP contribution in [0, 0.1) is 28.0 Å². The Bertz CT molecular complexity index is 909. The molecule has 0 spiro atoms. The summed E-state index contributed by atoms with van der Waals surface area (Å²) in [6.45, 7) is 0. The highest BCUT2D eigenvalue weighted by Gasteiger charge is 2.18. The predicted molar refractivity (Wildman–Crippen MR) is 76.0 cm³/mol. The van der Waals surface area contributed by atoms with E-state index in [1.54, 1.807) is 0 Å². The van der Waals surface area contributed by atoms with Gasteiger partial charge in [0.1, 0.15) is 17.0 Å². The second kappa shape index (κ2) is 4.96. The SMILES string of the molecule is Fc1cc(F)c2[nH]c(=S)n(-c3c(F)cc(Br)cc3F)c2c1. The van der Waals surface area contributed by atoms with Crippen molar-refractivity contribution >= 4 is 39.2 Å². The summed E-state index contributed by atoms with van der Waals surface area (Å²) in [5, 5.41) is 0. The zero-order valence-electron chi connectivity index (χ0n) is 10.1. The van der Waals surface area contributed by atoms with Crippen LogP contribution in [0.2, 0.25) is 0 Å². The predicted octanol–water partition coefficient (Wildman–Crippen LogP) is 5.01. The number of nitrogens with one attached hydrogen (secondary N) is 1. The quantitative estimate of drug-likeness (QED) is 0.467. The van der Waals surface area contributed by atoms with E-state index in [1.807, 2.05) is 0 Å². The lowest BCUT2D eigenvalue weighted by atomic mass is 10.2. The molecule has 108 valence electrons. The Labute approximate surface area is 129 Å². The normalized spacial score (nSPS) is 11.3. The molecule has 8 heteroatoms. The molecule has 0 radical (unpaired) electrons. The van der Waals surface area contributed by atoms with E-state index in [0.29, 0.717) is 6.07 Å². The van der Waals surface area contributed by atoms with Crippen LogP contribution in [-0.2, 0) is 0 Å². The summed E-state index contributed by atoms with van der Waals surface area (Å²) in [6, 6.07) is 3.68. The number of hydrogen-bond donors (Lipinski definition) is 1. The summed E-state index contributed by atoms with van der Waals surface area (Å²) in [5.41, 5.74) is -0.708. The van der Waals surface area contributed by atoms with Gasteiger partial charge >= 0.3 is 0 Å². The zero-order valence-corrected chi connectivity index (χ0v) is 12.5. The Morgan fingerprint density at radius 3 is 2.19 bits per heavy atom. The van der Waals surface area contributed by atoms with E-state index in [2.05, 4.69) is 20.9 Å². The molecule has 1 N–H and O–H groups in total. The highest BCUT2D eigenvalue weighted by atomic mass is 79.9. The van der Waals surface area contributed by atoms with Gasteiger partial charge in [0.15, 0.2) is 22.2 Å². The Morgan fingerprint density at radius 1 is 0.952 bits per heavy atom.